The summed E-state index contributed by atoms with van der Waals surface area (Å²) in [7, 11) is -2.27. The van der Waals surface area contributed by atoms with Crippen LogP contribution in [0.3, 0.4) is 0 Å². The highest BCUT2D eigenvalue weighted by molar-refractivity contribution is 7.89. The summed E-state index contributed by atoms with van der Waals surface area (Å²) >= 11 is 0. The van der Waals surface area contributed by atoms with Gasteiger partial charge in [-0.15, -0.1) is 0 Å². The maximum absolute atomic E-state index is 13.0. The summed E-state index contributed by atoms with van der Waals surface area (Å²) in [6.45, 7) is 1.63. The molecule has 0 aliphatic heterocycles. The largest absolute Gasteiger partial charge is 0.497 e. The third-order valence-electron chi connectivity index (χ3n) is 4.35. The molecule has 0 amide bonds. The predicted molar refractivity (Wildman–Crippen MR) is 101 cm³/mol. The van der Waals surface area contributed by atoms with Gasteiger partial charge in [-0.05, 0) is 49.4 Å². The standard InChI is InChI=1S/C19H16FN3O5S/c1-11-15-9-13(26-2)5-8-16(15)27-18(11)19-22-17(28-23-19)10-21-29(24,25)14-6-3-12(20)4-7-14/h3-9,21H,10H2,1-2H3. The fourth-order valence-electron chi connectivity index (χ4n) is 2.81. The van der Waals surface area contributed by atoms with Crippen LogP contribution >= 0.6 is 0 Å². The van der Waals surface area contributed by atoms with Crippen molar-refractivity contribution < 1.29 is 26.5 Å². The van der Waals surface area contributed by atoms with Crippen LogP contribution in [0.2, 0.25) is 0 Å². The topological polar surface area (TPSA) is 107 Å². The van der Waals surface area contributed by atoms with E-state index >= 15 is 0 Å². The normalized spacial score (nSPS) is 11.8. The number of nitrogens with zero attached hydrogens (tertiary/aromatic N) is 2. The lowest BCUT2D eigenvalue weighted by Gasteiger charge is -2.04. The molecule has 0 aliphatic carbocycles. The van der Waals surface area contributed by atoms with Crippen molar-refractivity contribution >= 4 is 21.0 Å². The Kier molecular flexibility index (Phi) is 4.81. The highest BCUT2D eigenvalue weighted by Gasteiger charge is 2.20. The van der Waals surface area contributed by atoms with Gasteiger partial charge >= 0.3 is 0 Å². The summed E-state index contributed by atoms with van der Waals surface area (Å²) in [5.41, 5.74) is 1.44. The Labute approximate surface area is 165 Å². The Morgan fingerprint density at radius 2 is 1.93 bits per heavy atom. The van der Waals surface area contributed by atoms with Crippen molar-refractivity contribution in [3.05, 3.63) is 59.7 Å². The molecule has 1 N–H and O–H groups in total. The first-order chi connectivity index (χ1) is 13.9. The lowest BCUT2D eigenvalue weighted by molar-refractivity contribution is 0.375. The average molecular weight is 417 g/mol. The summed E-state index contributed by atoms with van der Waals surface area (Å²) in [5, 5.41) is 4.72. The number of sulfonamides is 1. The van der Waals surface area contributed by atoms with Gasteiger partial charge in [-0.25, -0.2) is 17.5 Å². The number of fused-ring (bicyclic) bond motifs is 1. The number of hydrogen-bond donors (Lipinski definition) is 1. The molecule has 2 aromatic carbocycles. The number of nitrogens with one attached hydrogen (secondary N) is 1. The fraction of sp³-hybridized carbons (Fsp3) is 0.158. The monoisotopic (exact) mass is 417 g/mol. The zero-order valence-electron chi connectivity index (χ0n) is 15.5. The van der Waals surface area contributed by atoms with E-state index < -0.39 is 15.8 Å². The van der Waals surface area contributed by atoms with Crippen molar-refractivity contribution in [2.45, 2.75) is 18.4 Å². The van der Waals surface area contributed by atoms with Crippen molar-refractivity contribution in [3.8, 4) is 17.3 Å². The third kappa shape index (κ3) is 3.71. The van der Waals surface area contributed by atoms with E-state index in [-0.39, 0.29) is 23.2 Å². The molecule has 8 nitrogen and oxygen atoms in total. The maximum Gasteiger partial charge on any atom is 0.242 e. The Balaban J connectivity index is 1.55. The molecule has 2 heterocycles. The number of benzene rings is 2. The first-order valence-electron chi connectivity index (χ1n) is 8.53. The lowest BCUT2D eigenvalue weighted by atomic mass is 10.1. The molecule has 2 aromatic heterocycles. The van der Waals surface area contributed by atoms with E-state index in [2.05, 4.69) is 14.9 Å². The second-order valence-electron chi connectivity index (χ2n) is 6.21. The number of ether oxygens (including phenoxy) is 1. The van der Waals surface area contributed by atoms with Gasteiger partial charge in [0.05, 0.1) is 18.6 Å². The lowest BCUT2D eigenvalue weighted by Crippen LogP contribution is -2.23. The minimum absolute atomic E-state index is 0.0584. The zero-order valence-corrected chi connectivity index (χ0v) is 16.3. The molecule has 0 atom stereocenters. The van der Waals surface area contributed by atoms with Gasteiger partial charge < -0.3 is 13.7 Å². The molecule has 150 valence electrons. The van der Waals surface area contributed by atoms with E-state index in [1.807, 2.05) is 13.0 Å². The van der Waals surface area contributed by atoms with E-state index in [1.165, 1.54) is 12.1 Å². The van der Waals surface area contributed by atoms with Gasteiger partial charge in [-0.2, -0.15) is 4.98 Å². The van der Waals surface area contributed by atoms with E-state index in [4.69, 9.17) is 13.7 Å². The van der Waals surface area contributed by atoms with Crippen LogP contribution in [0.5, 0.6) is 5.75 Å². The predicted octanol–water partition coefficient (Wildman–Crippen LogP) is 3.42. The van der Waals surface area contributed by atoms with Crippen LogP contribution in [0.1, 0.15) is 11.5 Å². The second kappa shape index (κ2) is 7.30. The molecule has 0 unspecified atom stereocenters. The summed E-state index contributed by atoms with van der Waals surface area (Å²) in [6.07, 6.45) is 0. The Hall–Kier alpha value is -3.24. The molecule has 10 heteroatoms. The second-order valence-corrected chi connectivity index (χ2v) is 7.98. The highest BCUT2D eigenvalue weighted by Crippen LogP contribution is 2.33. The van der Waals surface area contributed by atoms with E-state index in [0.29, 0.717) is 17.1 Å². The molecule has 0 aliphatic rings. The molecule has 0 radical (unpaired) electrons. The van der Waals surface area contributed by atoms with Crippen LogP contribution in [-0.2, 0) is 16.6 Å². The van der Waals surface area contributed by atoms with Gasteiger partial charge in [0.1, 0.15) is 17.1 Å². The summed E-state index contributed by atoms with van der Waals surface area (Å²) in [5.74, 6) is 0.850. The molecule has 4 rings (SSSR count). The Bertz CT molecular complexity index is 1280. The number of halogens is 1. The molecular formula is C19H16FN3O5S. The fourth-order valence-corrected chi connectivity index (χ4v) is 3.79. The number of hydrogen-bond acceptors (Lipinski definition) is 7. The number of aryl methyl sites for hydroxylation is 1. The van der Waals surface area contributed by atoms with Crippen LogP contribution in [0.25, 0.3) is 22.6 Å². The van der Waals surface area contributed by atoms with Crippen molar-refractivity contribution in [3.63, 3.8) is 0 Å². The molecular weight excluding hydrogens is 401 g/mol. The first kappa shape index (κ1) is 19.1. The number of methoxy groups -OCH3 is 1. The quantitative estimate of drug-likeness (QED) is 0.512. The molecule has 0 fully saturated rings. The van der Waals surface area contributed by atoms with Crippen molar-refractivity contribution in [1.82, 2.24) is 14.9 Å². The van der Waals surface area contributed by atoms with E-state index in [1.54, 1.807) is 19.2 Å². The molecule has 4 aromatic rings. The molecule has 0 spiro atoms. The van der Waals surface area contributed by atoms with E-state index in [0.717, 1.165) is 23.1 Å². The highest BCUT2D eigenvalue weighted by atomic mass is 32.2. The van der Waals surface area contributed by atoms with E-state index in [9.17, 15) is 12.8 Å². The minimum Gasteiger partial charge on any atom is -0.497 e. The van der Waals surface area contributed by atoms with Crippen LogP contribution in [0.4, 0.5) is 4.39 Å². The van der Waals surface area contributed by atoms with Gasteiger partial charge in [0.25, 0.3) is 0 Å². The zero-order chi connectivity index (χ0) is 20.6. The van der Waals surface area contributed by atoms with Gasteiger partial charge in [-0.3, -0.25) is 0 Å². The van der Waals surface area contributed by atoms with Crippen molar-refractivity contribution in [1.29, 1.82) is 0 Å². The summed E-state index contributed by atoms with van der Waals surface area (Å²) in [6, 6.07) is 9.88. The summed E-state index contributed by atoms with van der Waals surface area (Å²) < 4.78 is 56.0. The van der Waals surface area contributed by atoms with Gasteiger partial charge in [-0.1, -0.05) is 5.16 Å². The third-order valence-corrected chi connectivity index (χ3v) is 5.77. The Morgan fingerprint density at radius 3 is 2.66 bits per heavy atom. The SMILES string of the molecule is COc1ccc2oc(-c3noc(CNS(=O)(=O)c4ccc(F)cc4)n3)c(C)c2c1. The smallest absolute Gasteiger partial charge is 0.242 e. The number of furan rings is 1. The van der Waals surface area contributed by atoms with Gasteiger partial charge in [0, 0.05) is 10.9 Å². The van der Waals surface area contributed by atoms with Crippen LogP contribution in [-0.4, -0.2) is 25.7 Å². The minimum atomic E-state index is -3.85. The summed E-state index contributed by atoms with van der Waals surface area (Å²) in [4.78, 5) is 4.13. The molecule has 0 saturated heterocycles. The van der Waals surface area contributed by atoms with Gasteiger partial charge in [0.15, 0.2) is 5.76 Å². The Morgan fingerprint density at radius 1 is 1.17 bits per heavy atom. The molecule has 0 saturated carbocycles. The first-order valence-corrected chi connectivity index (χ1v) is 10.0. The van der Waals surface area contributed by atoms with Gasteiger partial charge in [0.2, 0.25) is 21.7 Å². The molecule has 0 bridgehead atoms. The van der Waals surface area contributed by atoms with Crippen LogP contribution in [0, 0.1) is 12.7 Å². The van der Waals surface area contributed by atoms with Crippen LogP contribution in [0.15, 0.2) is 56.3 Å². The number of rotatable bonds is 6. The average Bonchev–Trinajstić information content (AvgIpc) is 3.31. The molecule has 29 heavy (non-hydrogen) atoms. The maximum atomic E-state index is 13.0. The number of aromatic nitrogens is 2. The van der Waals surface area contributed by atoms with Crippen LogP contribution < -0.4 is 9.46 Å². The van der Waals surface area contributed by atoms with Crippen molar-refractivity contribution in [2.75, 3.05) is 7.11 Å². The van der Waals surface area contributed by atoms with Crippen molar-refractivity contribution in [2.24, 2.45) is 0 Å².